The van der Waals surface area contributed by atoms with Crippen LogP contribution in [-0.4, -0.2) is 41.3 Å². The summed E-state index contributed by atoms with van der Waals surface area (Å²) in [6.07, 6.45) is 4.48. The highest BCUT2D eigenvalue weighted by Gasteiger charge is 2.14. The van der Waals surface area contributed by atoms with Gasteiger partial charge in [-0.15, -0.1) is 0 Å². The molecule has 0 saturated carbocycles. The molecule has 2 aromatic heterocycles. The third-order valence-corrected chi connectivity index (χ3v) is 4.40. The fourth-order valence-electron chi connectivity index (χ4n) is 2.98. The van der Waals surface area contributed by atoms with E-state index in [9.17, 15) is 9.59 Å². The largest absolute Gasteiger partial charge is 0.493 e. The average molecular weight is 410 g/mol. The van der Waals surface area contributed by atoms with Crippen LogP contribution in [0.1, 0.15) is 23.9 Å². The maximum absolute atomic E-state index is 12.6. The molecule has 0 fully saturated rings. The summed E-state index contributed by atoms with van der Waals surface area (Å²) in [6, 6.07) is 3.37. The minimum atomic E-state index is -0.481. The molecule has 3 aromatic rings. The average Bonchev–Trinajstić information content (AvgIpc) is 3.19. The van der Waals surface area contributed by atoms with E-state index >= 15 is 0 Å². The predicted molar refractivity (Wildman–Crippen MR) is 113 cm³/mol. The summed E-state index contributed by atoms with van der Waals surface area (Å²) in [5.41, 5.74) is 1.51. The van der Waals surface area contributed by atoms with Gasteiger partial charge in [-0.2, -0.15) is 0 Å². The van der Waals surface area contributed by atoms with Crippen LogP contribution in [0.25, 0.3) is 17.7 Å². The highest BCUT2D eigenvalue weighted by atomic mass is 16.5. The van der Waals surface area contributed by atoms with Crippen LogP contribution in [-0.2, 0) is 0 Å². The molecular formula is C21H22N4O5. The van der Waals surface area contributed by atoms with E-state index in [2.05, 4.69) is 26.5 Å². The lowest BCUT2D eigenvalue weighted by Gasteiger charge is -2.13. The first kappa shape index (κ1) is 20.7. The number of rotatable bonds is 6. The molecule has 9 heteroatoms. The molecule has 30 heavy (non-hydrogen) atoms. The van der Waals surface area contributed by atoms with Gasteiger partial charge in [0, 0.05) is 5.56 Å². The van der Waals surface area contributed by atoms with Crippen LogP contribution in [0.3, 0.4) is 0 Å². The minimum absolute atomic E-state index is 0.0600. The van der Waals surface area contributed by atoms with Gasteiger partial charge in [0.2, 0.25) is 5.75 Å². The maximum Gasteiger partial charge on any atom is 0.272 e. The second kappa shape index (κ2) is 8.56. The van der Waals surface area contributed by atoms with E-state index in [1.807, 2.05) is 6.92 Å². The van der Waals surface area contributed by atoms with Gasteiger partial charge >= 0.3 is 0 Å². The normalized spacial score (nSPS) is 12.1. The molecular weight excluding hydrogens is 388 g/mol. The van der Waals surface area contributed by atoms with Gasteiger partial charge in [-0.3, -0.25) is 9.59 Å². The van der Waals surface area contributed by atoms with Gasteiger partial charge in [0.25, 0.3) is 11.1 Å². The number of hydrogen-bond acceptors (Lipinski definition) is 6. The molecule has 156 valence electrons. The molecule has 0 aliphatic rings. The third kappa shape index (κ3) is 3.90. The molecule has 0 aliphatic carbocycles. The Morgan fingerprint density at radius 1 is 0.967 bits per heavy atom. The number of allylic oxidation sites excluding steroid dienone is 1. The molecule has 0 radical (unpaired) electrons. The number of aromatic amines is 3. The van der Waals surface area contributed by atoms with Crippen molar-refractivity contribution in [3.05, 3.63) is 73.4 Å². The van der Waals surface area contributed by atoms with Crippen LogP contribution < -0.4 is 36.0 Å². The van der Waals surface area contributed by atoms with Crippen molar-refractivity contribution in [1.29, 1.82) is 0 Å². The summed E-state index contributed by atoms with van der Waals surface area (Å²) in [5, 5.41) is 0.135. The quantitative estimate of drug-likeness (QED) is 0.544. The van der Waals surface area contributed by atoms with Crippen LogP contribution in [0.2, 0.25) is 0 Å². The smallest absolute Gasteiger partial charge is 0.272 e. The van der Waals surface area contributed by atoms with E-state index in [0.717, 1.165) is 5.57 Å². The number of methoxy groups -OCH3 is 3. The SMILES string of the molecule is C=C(C)c1[nH]cnc1/C=c1\[nH]c(=O)/c(=C/c2ccc(OC)c(OC)c2OC)[nH]c1=O. The van der Waals surface area contributed by atoms with Gasteiger partial charge in [-0.05, 0) is 36.8 Å². The van der Waals surface area contributed by atoms with Crippen molar-refractivity contribution in [3.8, 4) is 17.2 Å². The first-order chi connectivity index (χ1) is 14.4. The fraction of sp³-hybridized carbons (Fsp3) is 0.190. The Balaban J connectivity index is 2.18. The summed E-state index contributed by atoms with van der Waals surface area (Å²) in [7, 11) is 4.47. The van der Waals surface area contributed by atoms with Gasteiger partial charge in [0.05, 0.1) is 39.0 Å². The van der Waals surface area contributed by atoms with Gasteiger partial charge in [0.15, 0.2) is 11.5 Å². The highest BCUT2D eigenvalue weighted by molar-refractivity contribution is 5.67. The minimum Gasteiger partial charge on any atom is -0.493 e. The van der Waals surface area contributed by atoms with Crippen LogP contribution in [0.15, 0.2) is 34.6 Å². The Morgan fingerprint density at radius 2 is 1.60 bits per heavy atom. The molecule has 0 bridgehead atoms. The molecule has 9 nitrogen and oxygen atoms in total. The van der Waals surface area contributed by atoms with Gasteiger partial charge in [-0.1, -0.05) is 6.58 Å². The Hall–Kier alpha value is -4.01. The van der Waals surface area contributed by atoms with Gasteiger partial charge in [-0.25, -0.2) is 4.98 Å². The van der Waals surface area contributed by atoms with Crippen LogP contribution in [0.5, 0.6) is 17.2 Å². The fourth-order valence-corrected chi connectivity index (χ4v) is 2.98. The molecule has 0 saturated heterocycles. The summed E-state index contributed by atoms with van der Waals surface area (Å²) in [4.78, 5) is 37.4. The molecule has 0 amide bonds. The Bertz CT molecular complexity index is 1330. The molecule has 3 N–H and O–H groups in total. The molecule has 3 rings (SSSR count). The number of ether oxygens (including phenoxy) is 3. The first-order valence-electron chi connectivity index (χ1n) is 8.93. The molecule has 2 heterocycles. The second-order valence-corrected chi connectivity index (χ2v) is 6.39. The van der Waals surface area contributed by atoms with Crippen molar-refractivity contribution < 1.29 is 14.2 Å². The van der Waals surface area contributed by atoms with E-state index in [0.29, 0.717) is 34.2 Å². The third-order valence-electron chi connectivity index (χ3n) is 4.40. The van der Waals surface area contributed by atoms with E-state index < -0.39 is 11.1 Å². The van der Waals surface area contributed by atoms with Gasteiger partial charge in [0.1, 0.15) is 10.7 Å². The van der Waals surface area contributed by atoms with Crippen molar-refractivity contribution in [2.24, 2.45) is 0 Å². The van der Waals surface area contributed by atoms with E-state index in [-0.39, 0.29) is 10.7 Å². The number of hydrogen-bond donors (Lipinski definition) is 3. The topological polar surface area (TPSA) is 122 Å². The second-order valence-electron chi connectivity index (χ2n) is 6.39. The van der Waals surface area contributed by atoms with Crippen LogP contribution in [0, 0.1) is 0 Å². The molecule has 1 aromatic carbocycles. The number of benzene rings is 1. The highest BCUT2D eigenvalue weighted by Crippen LogP contribution is 2.39. The predicted octanol–water partition coefficient (Wildman–Crippen LogP) is 0.503. The summed E-state index contributed by atoms with van der Waals surface area (Å²) < 4.78 is 16.0. The lowest BCUT2D eigenvalue weighted by atomic mass is 10.1. The maximum atomic E-state index is 12.6. The van der Waals surface area contributed by atoms with E-state index in [1.54, 1.807) is 12.1 Å². The molecule has 0 spiro atoms. The van der Waals surface area contributed by atoms with Gasteiger partial charge < -0.3 is 29.2 Å². The Labute approximate surface area is 171 Å². The number of nitrogens with zero attached hydrogens (tertiary/aromatic N) is 1. The monoisotopic (exact) mass is 410 g/mol. The zero-order valence-corrected chi connectivity index (χ0v) is 17.1. The summed E-state index contributed by atoms with van der Waals surface area (Å²) >= 11 is 0. The van der Waals surface area contributed by atoms with E-state index in [4.69, 9.17) is 14.2 Å². The Kier molecular flexibility index (Phi) is 5.91. The van der Waals surface area contributed by atoms with Crippen LogP contribution in [0.4, 0.5) is 0 Å². The van der Waals surface area contributed by atoms with E-state index in [1.165, 1.54) is 39.8 Å². The lowest BCUT2D eigenvalue weighted by molar-refractivity contribution is 0.324. The van der Waals surface area contributed by atoms with Crippen LogP contribution >= 0.6 is 0 Å². The number of imidazole rings is 1. The zero-order chi connectivity index (χ0) is 21.8. The van der Waals surface area contributed by atoms with Crippen molar-refractivity contribution in [2.45, 2.75) is 6.92 Å². The van der Waals surface area contributed by atoms with Crippen molar-refractivity contribution >= 4 is 17.7 Å². The molecule has 0 unspecified atom stereocenters. The Morgan fingerprint density at radius 3 is 2.17 bits per heavy atom. The zero-order valence-electron chi connectivity index (χ0n) is 17.1. The first-order valence-corrected chi connectivity index (χ1v) is 8.93. The number of H-pyrrole nitrogens is 3. The molecule has 0 atom stereocenters. The molecule has 0 aliphatic heterocycles. The van der Waals surface area contributed by atoms with Crippen molar-refractivity contribution in [1.82, 2.24) is 19.9 Å². The summed E-state index contributed by atoms with van der Waals surface area (Å²) in [5.74, 6) is 1.23. The number of nitrogens with one attached hydrogen (secondary N) is 3. The lowest BCUT2D eigenvalue weighted by Crippen LogP contribution is -2.46. The standard InChI is InChI=1S/C21H22N4O5/c1-11(2)17-13(22-10-23-17)9-15-21(27)24-14(20(26)25-15)8-12-6-7-16(28-3)19(30-5)18(12)29-4/h6-10H,1H2,2-5H3,(H,22,23)(H,24,27)(H,25,26)/b14-8-,15-9-. The van der Waals surface area contributed by atoms with Crippen molar-refractivity contribution in [3.63, 3.8) is 0 Å². The van der Waals surface area contributed by atoms with Crippen molar-refractivity contribution in [2.75, 3.05) is 21.3 Å². The summed E-state index contributed by atoms with van der Waals surface area (Å²) in [6.45, 7) is 5.67. The number of aromatic nitrogens is 4.